The molecule has 206 valence electrons. The summed E-state index contributed by atoms with van der Waals surface area (Å²) in [5, 5.41) is 23.3. The molecule has 0 spiro atoms. The second-order valence-corrected chi connectivity index (χ2v) is 11.4. The summed E-state index contributed by atoms with van der Waals surface area (Å²) in [5.74, 6) is 0.972. The largest absolute Gasteiger partial charge is 0.507 e. The van der Waals surface area contributed by atoms with Gasteiger partial charge in [-0.25, -0.2) is 19.3 Å². The van der Waals surface area contributed by atoms with Crippen LogP contribution in [0.1, 0.15) is 52.4 Å². The van der Waals surface area contributed by atoms with E-state index in [0.29, 0.717) is 34.9 Å². The van der Waals surface area contributed by atoms with Crippen molar-refractivity contribution in [2.24, 2.45) is 0 Å². The van der Waals surface area contributed by atoms with E-state index in [-0.39, 0.29) is 35.1 Å². The number of hydrogen-bond donors (Lipinski definition) is 2. The van der Waals surface area contributed by atoms with Gasteiger partial charge in [-0.05, 0) is 64.5 Å². The molecule has 1 aliphatic carbocycles. The van der Waals surface area contributed by atoms with Crippen molar-refractivity contribution in [2.75, 3.05) is 19.1 Å². The number of phenolic OH excluding ortho intramolecular Hbond substituents is 1. The zero-order valence-corrected chi connectivity index (χ0v) is 22.7. The normalized spacial score (nSPS) is 28.1. The highest BCUT2D eigenvalue weighted by molar-refractivity contribution is 5.72. The van der Waals surface area contributed by atoms with Gasteiger partial charge in [0.25, 0.3) is 11.8 Å². The first kappa shape index (κ1) is 25.7. The first-order valence-electron chi connectivity index (χ1n) is 13.4. The van der Waals surface area contributed by atoms with E-state index in [2.05, 4.69) is 42.3 Å². The van der Waals surface area contributed by atoms with Gasteiger partial charge in [0.1, 0.15) is 17.6 Å². The van der Waals surface area contributed by atoms with Crippen LogP contribution in [-0.2, 0) is 0 Å². The van der Waals surface area contributed by atoms with Crippen molar-refractivity contribution in [2.45, 2.75) is 81.7 Å². The molecule has 11 heteroatoms. The van der Waals surface area contributed by atoms with Crippen molar-refractivity contribution < 1.29 is 19.0 Å². The Kier molecular flexibility index (Phi) is 6.28. The summed E-state index contributed by atoms with van der Waals surface area (Å²) >= 11 is 0. The lowest BCUT2D eigenvalue weighted by Crippen LogP contribution is -2.73. The summed E-state index contributed by atoms with van der Waals surface area (Å²) in [6, 6.07) is 5.04. The van der Waals surface area contributed by atoms with Crippen molar-refractivity contribution >= 4 is 5.95 Å². The van der Waals surface area contributed by atoms with Crippen LogP contribution in [0.2, 0.25) is 0 Å². The molecule has 2 aromatic heterocycles. The summed E-state index contributed by atoms with van der Waals surface area (Å²) in [5.41, 5.74) is 1.42. The molecule has 1 aromatic carbocycles. The highest BCUT2D eigenvalue weighted by Crippen LogP contribution is 2.46. The van der Waals surface area contributed by atoms with E-state index in [1.165, 1.54) is 14.2 Å². The van der Waals surface area contributed by atoms with Crippen LogP contribution in [0.15, 0.2) is 30.6 Å². The Morgan fingerprint density at radius 1 is 1.03 bits per heavy atom. The standard InChI is InChI=1S/C28H34FN7O3/c1-27-10-5-11-28(2,35-27)23(29)21(13-27)36(17-7-8-17)26-31-15-20(33-34-26)18-9-6-16(12-22(18)37)19-14-30-24(38-3)25(32-19)39-4/h6,9,12,14-15,17,21,23,35,37H,5,7-8,10-11,13H2,1-4H3/t21-,23-,27-,28+/m0/s1. The summed E-state index contributed by atoms with van der Waals surface area (Å²) < 4.78 is 26.4. The van der Waals surface area contributed by atoms with Gasteiger partial charge in [-0.2, -0.15) is 0 Å². The lowest BCUT2D eigenvalue weighted by Gasteiger charge is -2.57. The van der Waals surface area contributed by atoms with E-state index >= 15 is 4.39 Å². The number of phenols is 1. The fourth-order valence-corrected chi connectivity index (χ4v) is 6.38. The molecule has 3 aromatic rings. The lowest BCUT2D eigenvalue weighted by molar-refractivity contribution is 0.0000874. The molecule has 2 bridgehead atoms. The minimum atomic E-state index is -1.04. The minimum Gasteiger partial charge on any atom is -0.507 e. The maximum atomic E-state index is 16.0. The molecule has 39 heavy (non-hydrogen) atoms. The van der Waals surface area contributed by atoms with Gasteiger partial charge in [0, 0.05) is 28.2 Å². The molecule has 0 radical (unpaired) electrons. The molecule has 0 unspecified atom stereocenters. The third kappa shape index (κ3) is 4.62. The second-order valence-electron chi connectivity index (χ2n) is 11.4. The molecule has 3 aliphatic rings. The number of nitrogens with zero attached hydrogens (tertiary/aromatic N) is 6. The van der Waals surface area contributed by atoms with Gasteiger partial charge in [0.2, 0.25) is 5.95 Å². The number of aromatic hydroxyl groups is 1. The smallest absolute Gasteiger partial charge is 0.278 e. The average molecular weight is 536 g/mol. The number of anilines is 1. The third-order valence-corrected chi connectivity index (χ3v) is 8.36. The van der Waals surface area contributed by atoms with Gasteiger partial charge in [-0.1, -0.05) is 6.07 Å². The van der Waals surface area contributed by atoms with Gasteiger partial charge >= 0.3 is 0 Å². The molecule has 2 saturated heterocycles. The number of nitrogens with one attached hydrogen (secondary N) is 1. The number of benzene rings is 1. The van der Waals surface area contributed by atoms with Crippen LogP contribution in [0.4, 0.5) is 10.3 Å². The minimum absolute atomic E-state index is 0.00263. The molecule has 3 fully saturated rings. The number of halogens is 1. The van der Waals surface area contributed by atoms with Gasteiger partial charge in [-0.15, -0.1) is 10.2 Å². The maximum absolute atomic E-state index is 16.0. The number of alkyl halides is 1. The fraction of sp³-hybridized carbons (Fsp3) is 0.536. The molecule has 2 N–H and O–H groups in total. The lowest BCUT2D eigenvalue weighted by atomic mass is 9.68. The molecular weight excluding hydrogens is 501 g/mol. The number of ether oxygens (including phenoxy) is 2. The van der Waals surface area contributed by atoms with Crippen molar-refractivity contribution in [3.63, 3.8) is 0 Å². The Labute approximate surface area is 227 Å². The van der Waals surface area contributed by atoms with Crippen molar-refractivity contribution in [1.82, 2.24) is 30.5 Å². The van der Waals surface area contributed by atoms with E-state index in [9.17, 15) is 5.11 Å². The number of methoxy groups -OCH3 is 2. The van der Waals surface area contributed by atoms with Crippen molar-refractivity contribution in [3.8, 4) is 40.0 Å². The number of rotatable bonds is 7. The monoisotopic (exact) mass is 535 g/mol. The molecule has 10 nitrogen and oxygen atoms in total. The fourth-order valence-electron chi connectivity index (χ4n) is 6.38. The van der Waals surface area contributed by atoms with Gasteiger partial charge in [-0.3, -0.25) is 0 Å². The Hall–Kier alpha value is -3.60. The summed E-state index contributed by atoms with van der Waals surface area (Å²) in [6.45, 7) is 4.21. The van der Waals surface area contributed by atoms with E-state index in [4.69, 9.17) is 9.47 Å². The summed E-state index contributed by atoms with van der Waals surface area (Å²) in [6.07, 6.45) is 7.69. The predicted molar refractivity (Wildman–Crippen MR) is 144 cm³/mol. The van der Waals surface area contributed by atoms with Crippen molar-refractivity contribution in [1.29, 1.82) is 0 Å². The highest BCUT2D eigenvalue weighted by atomic mass is 19.1. The Morgan fingerprint density at radius 3 is 2.46 bits per heavy atom. The zero-order valence-electron chi connectivity index (χ0n) is 22.7. The van der Waals surface area contributed by atoms with Gasteiger partial charge in [0.05, 0.1) is 38.3 Å². The Balaban J connectivity index is 1.26. The number of piperidine rings is 2. The van der Waals surface area contributed by atoms with Crippen LogP contribution in [0, 0.1) is 0 Å². The number of fused-ring (bicyclic) bond motifs is 2. The van der Waals surface area contributed by atoms with Crippen LogP contribution in [-0.4, -0.2) is 73.8 Å². The van der Waals surface area contributed by atoms with Crippen LogP contribution in [0.5, 0.6) is 17.5 Å². The predicted octanol–water partition coefficient (Wildman–Crippen LogP) is 4.09. The third-order valence-electron chi connectivity index (χ3n) is 8.36. The van der Waals surface area contributed by atoms with E-state index < -0.39 is 11.7 Å². The second kappa shape index (κ2) is 9.55. The Bertz CT molecular complexity index is 1370. The molecule has 1 saturated carbocycles. The summed E-state index contributed by atoms with van der Waals surface area (Å²) in [4.78, 5) is 15.3. The SMILES string of the molecule is COc1ncc(-c2ccc(-c3cnc(N(C4CC4)[C@H]4C[C@]5(C)CCC[C@@](C)(N5)[C@H]4F)nn3)c(O)c2)nc1OC. The van der Waals surface area contributed by atoms with E-state index in [0.717, 1.165) is 32.1 Å². The molecule has 2 aliphatic heterocycles. The van der Waals surface area contributed by atoms with Crippen LogP contribution in [0.25, 0.3) is 22.5 Å². The van der Waals surface area contributed by atoms with Crippen molar-refractivity contribution in [3.05, 3.63) is 30.6 Å². The maximum Gasteiger partial charge on any atom is 0.278 e. The highest BCUT2D eigenvalue weighted by Gasteiger charge is 2.56. The quantitative estimate of drug-likeness (QED) is 0.458. The molecule has 4 heterocycles. The molecule has 6 rings (SSSR count). The molecule has 0 amide bonds. The zero-order chi connectivity index (χ0) is 27.4. The van der Waals surface area contributed by atoms with Crippen LogP contribution in [0.3, 0.4) is 0 Å². The first-order valence-corrected chi connectivity index (χ1v) is 13.4. The molecule has 4 atom stereocenters. The van der Waals surface area contributed by atoms with Crippen LogP contribution >= 0.6 is 0 Å². The van der Waals surface area contributed by atoms with E-state index in [1.807, 2.05) is 6.92 Å². The summed E-state index contributed by atoms with van der Waals surface area (Å²) in [7, 11) is 2.98. The van der Waals surface area contributed by atoms with E-state index in [1.54, 1.807) is 30.6 Å². The number of hydrogen-bond acceptors (Lipinski definition) is 10. The van der Waals surface area contributed by atoms with Crippen LogP contribution < -0.4 is 19.7 Å². The van der Waals surface area contributed by atoms with Gasteiger partial charge < -0.3 is 24.8 Å². The first-order chi connectivity index (χ1) is 18.7. The molecular formula is C28H34FN7O3. The number of aromatic nitrogens is 5. The average Bonchev–Trinajstić information content (AvgIpc) is 3.77. The van der Waals surface area contributed by atoms with Gasteiger partial charge in [0.15, 0.2) is 0 Å². The Morgan fingerprint density at radius 2 is 1.79 bits per heavy atom. The topological polar surface area (TPSA) is 118 Å².